The Bertz CT molecular complexity index is 555. The summed E-state index contributed by atoms with van der Waals surface area (Å²) in [5.74, 6) is -0.0531. The van der Waals surface area contributed by atoms with Crippen molar-refractivity contribution < 1.29 is 13.2 Å². The maximum atomic E-state index is 11.9. The Balaban J connectivity index is 2.09. The summed E-state index contributed by atoms with van der Waals surface area (Å²) in [5.41, 5.74) is 0.804. The molecule has 0 spiro atoms. The van der Waals surface area contributed by atoms with Crippen molar-refractivity contribution in [3.8, 4) is 0 Å². The third-order valence-electron chi connectivity index (χ3n) is 3.14. The predicted molar refractivity (Wildman–Crippen MR) is 74.4 cm³/mol. The van der Waals surface area contributed by atoms with Crippen LogP contribution in [0.5, 0.6) is 0 Å². The SMILES string of the molecule is CC(C)S(=O)(=O)N[C@H]1CC(=O)N(c2ccccc2)C1. The Morgan fingerprint density at radius 3 is 2.47 bits per heavy atom. The quantitative estimate of drug-likeness (QED) is 0.900. The van der Waals surface area contributed by atoms with Gasteiger partial charge in [0.05, 0.1) is 5.25 Å². The third kappa shape index (κ3) is 3.13. The Kier molecular flexibility index (Phi) is 3.91. The summed E-state index contributed by atoms with van der Waals surface area (Å²) in [6.07, 6.45) is 0.209. The van der Waals surface area contributed by atoms with Gasteiger partial charge in [-0.1, -0.05) is 18.2 Å². The van der Waals surface area contributed by atoms with Gasteiger partial charge in [0, 0.05) is 24.7 Å². The molecule has 5 nitrogen and oxygen atoms in total. The molecule has 1 atom stereocenters. The number of nitrogens with one attached hydrogen (secondary N) is 1. The van der Waals surface area contributed by atoms with Crippen molar-refractivity contribution in [1.82, 2.24) is 4.72 Å². The molecule has 0 radical (unpaired) electrons. The zero-order valence-electron chi connectivity index (χ0n) is 11.0. The van der Waals surface area contributed by atoms with E-state index in [1.54, 1.807) is 18.7 Å². The van der Waals surface area contributed by atoms with Crippen LogP contribution in [0.3, 0.4) is 0 Å². The number of sulfonamides is 1. The standard InChI is InChI=1S/C13H18N2O3S/c1-10(2)19(17,18)14-11-8-13(16)15(9-11)12-6-4-3-5-7-12/h3-7,10-11,14H,8-9H2,1-2H3/t11-/m0/s1. The van der Waals surface area contributed by atoms with E-state index in [4.69, 9.17) is 0 Å². The van der Waals surface area contributed by atoms with Crippen LogP contribution in [0, 0.1) is 0 Å². The van der Waals surface area contributed by atoms with E-state index < -0.39 is 15.3 Å². The molecule has 1 fully saturated rings. The molecule has 1 N–H and O–H groups in total. The topological polar surface area (TPSA) is 66.5 Å². The molecule has 1 aliphatic rings. The molecule has 1 amide bonds. The van der Waals surface area contributed by atoms with Crippen LogP contribution in [0.15, 0.2) is 30.3 Å². The van der Waals surface area contributed by atoms with Crippen molar-refractivity contribution in [1.29, 1.82) is 0 Å². The average molecular weight is 282 g/mol. The number of hydrogen-bond donors (Lipinski definition) is 1. The Morgan fingerprint density at radius 1 is 1.26 bits per heavy atom. The van der Waals surface area contributed by atoms with Crippen LogP contribution in [0.25, 0.3) is 0 Å². The Labute approximate surface area is 113 Å². The first-order valence-electron chi connectivity index (χ1n) is 6.26. The molecule has 1 aliphatic heterocycles. The number of hydrogen-bond acceptors (Lipinski definition) is 3. The van der Waals surface area contributed by atoms with E-state index in [1.807, 2.05) is 30.3 Å². The molecule has 0 aliphatic carbocycles. The van der Waals surface area contributed by atoms with Crippen molar-refractivity contribution in [2.24, 2.45) is 0 Å². The summed E-state index contributed by atoms with van der Waals surface area (Å²) in [4.78, 5) is 13.6. The van der Waals surface area contributed by atoms with Crippen molar-refractivity contribution in [3.63, 3.8) is 0 Å². The fourth-order valence-corrected chi connectivity index (χ4v) is 2.91. The van der Waals surface area contributed by atoms with Gasteiger partial charge in [-0.05, 0) is 26.0 Å². The van der Waals surface area contributed by atoms with Gasteiger partial charge in [0.2, 0.25) is 15.9 Å². The highest BCUT2D eigenvalue weighted by atomic mass is 32.2. The van der Waals surface area contributed by atoms with Gasteiger partial charge < -0.3 is 4.90 Å². The molecule has 19 heavy (non-hydrogen) atoms. The first-order valence-corrected chi connectivity index (χ1v) is 7.81. The van der Waals surface area contributed by atoms with Crippen LogP contribution < -0.4 is 9.62 Å². The molecule has 0 aromatic heterocycles. The van der Waals surface area contributed by atoms with Crippen molar-refractivity contribution in [2.45, 2.75) is 31.6 Å². The number of nitrogens with zero attached hydrogens (tertiary/aromatic N) is 1. The number of carbonyl (C=O) groups excluding carboxylic acids is 1. The molecule has 1 heterocycles. The first-order chi connectivity index (χ1) is 8.90. The maximum absolute atomic E-state index is 11.9. The molecule has 0 saturated carbocycles. The van der Waals surface area contributed by atoms with Gasteiger partial charge in [-0.2, -0.15) is 0 Å². The third-order valence-corrected chi connectivity index (χ3v) is 5.05. The maximum Gasteiger partial charge on any atom is 0.228 e. The van der Waals surface area contributed by atoms with E-state index in [-0.39, 0.29) is 18.4 Å². The van der Waals surface area contributed by atoms with Crippen LogP contribution in [0.2, 0.25) is 0 Å². The number of anilines is 1. The lowest BCUT2D eigenvalue weighted by atomic mass is 10.3. The molecule has 6 heteroatoms. The minimum Gasteiger partial charge on any atom is -0.311 e. The average Bonchev–Trinajstić information content (AvgIpc) is 2.70. The monoisotopic (exact) mass is 282 g/mol. The lowest BCUT2D eigenvalue weighted by Gasteiger charge is -2.18. The summed E-state index contributed by atoms with van der Waals surface area (Å²) in [6, 6.07) is 8.93. The van der Waals surface area contributed by atoms with Gasteiger partial charge in [-0.3, -0.25) is 4.79 Å². The zero-order valence-corrected chi connectivity index (χ0v) is 11.9. The molecular weight excluding hydrogens is 264 g/mol. The van der Waals surface area contributed by atoms with E-state index in [9.17, 15) is 13.2 Å². The smallest absolute Gasteiger partial charge is 0.228 e. The normalized spacial score (nSPS) is 20.3. The second kappa shape index (κ2) is 5.30. The molecule has 104 valence electrons. The highest BCUT2D eigenvalue weighted by molar-refractivity contribution is 7.90. The number of para-hydroxylation sites is 1. The van der Waals surface area contributed by atoms with Crippen molar-refractivity contribution in [3.05, 3.63) is 30.3 Å². The van der Waals surface area contributed by atoms with Crippen LogP contribution in [0.4, 0.5) is 5.69 Å². The fourth-order valence-electron chi connectivity index (χ4n) is 2.01. The van der Waals surface area contributed by atoms with Crippen molar-refractivity contribution >= 4 is 21.6 Å². The van der Waals surface area contributed by atoms with Gasteiger partial charge in [0.15, 0.2) is 0 Å². The zero-order chi connectivity index (χ0) is 14.0. The van der Waals surface area contributed by atoms with Crippen LogP contribution in [0.1, 0.15) is 20.3 Å². The molecule has 1 aromatic carbocycles. The highest BCUT2D eigenvalue weighted by Gasteiger charge is 2.33. The van der Waals surface area contributed by atoms with Gasteiger partial charge in [0.1, 0.15) is 0 Å². The number of rotatable bonds is 4. The van der Waals surface area contributed by atoms with E-state index in [2.05, 4.69) is 4.72 Å². The highest BCUT2D eigenvalue weighted by Crippen LogP contribution is 2.21. The van der Waals surface area contributed by atoms with Gasteiger partial charge >= 0.3 is 0 Å². The Morgan fingerprint density at radius 2 is 1.89 bits per heavy atom. The van der Waals surface area contributed by atoms with E-state index in [0.29, 0.717) is 6.54 Å². The van der Waals surface area contributed by atoms with Gasteiger partial charge in [-0.15, -0.1) is 0 Å². The second-order valence-corrected chi connectivity index (χ2v) is 7.22. The minimum atomic E-state index is -3.34. The van der Waals surface area contributed by atoms with Gasteiger partial charge in [0.25, 0.3) is 0 Å². The minimum absolute atomic E-state index is 0.0531. The van der Waals surface area contributed by atoms with E-state index in [0.717, 1.165) is 5.69 Å². The molecular formula is C13H18N2O3S. The molecule has 2 rings (SSSR count). The molecule has 0 bridgehead atoms. The lowest BCUT2D eigenvalue weighted by molar-refractivity contribution is -0.117. The Hall–Kier alpha value is -1.40. The van der Waals surface area contributed by atoms with E-state index >= 15 is 0 Å². The van der Waals surface area contributed by atoms with Crippen LogP contribution in [-0.4, -0.2) is 32.2 Å². The lowest BCUT2D eigenvalue weighted by Crippen LogP contribution is -2.40. The summed E-state index contributed by atoms with van der Waals surface area (Å²) < 4.78 is 26.2. The summed E-state index contributed by atoms with van der Waals surface area (Å²) in [5, 5.41) is -0.492. The second-order valence-electron chi connectivity index (χ2n) is 4.95. The number of amides is 1. The molecule has 1 aromatic rings. The first kappa shape index (κ1) is 14.0. The number of carbonyl (C=O) groups is 1. The van der Waals surface area contributed by atoms with Crippen molar-refractivity contribution in [2.75, 3.05) is 11.4 Å². The summed E-state index contributed by atoms with van der Waals surface area (Å²) >= 11 is 0. The summed E-state index contributed by atoms with van der Waals surface area (Å²) in [7, 11) is -3.34. The molecule has 1 saturated heterocycles. The summed E-state index contributed by atoms with van der Waals surface area (Å²) in [6.45, 7) is 3.62. The van der Waals surface area contributed by atoms with E-state index in [1.165, 1.54) is 0 Å². The van der Waals surface area contributed by atoms with Gasteiger partial charge in [-0.25, -0.2) is 13.1 Å². The largest absolute Gasteiger partial charge is 0.311 e. The van der Waals surface area contributed by atoms with Crippen LogP contribution >= 0.6 is 0 Å². The molecule has 0 unspecified atom stereocenters. The van der Waals surface area contributed by atoms with Crippen LogP contribution in [-0.2, 0) is 14.8 Å². The number of benzene rings is 1. The predicted octanol–water partition coefficient (Wildman–Crippen LogP) is 1.12. The fraction of sp³-hybridized carbons (Fsp3) is 0.462.